The SMILES string of the molecule is CN(Cc1nc(-c2ccccc2)no1)S(=O)(=O)c1nnc(NC(=O)c2ccccc2Cl)s1. The van der Waals surface area contributed by atoms with E-state index < -0.39 is 15.9 Å². The van der Waals surface area contributed by atoms with Crippen molar-refractivity contribution in [2.24, 2.45) is 0 Å². The normalized spacial score (nSPS) is 11.6. The first-order valence-corrected chi connectivity index (χ1v) is 11.7. The molecule has 0 atom stereocenters. The number of hydrogen-bond donors (Lipinski definition) is 1. The van der Waals surface area contributed by atoms with Crippen LogP contribution in [-0.2, 0) is 16.6 Å². The first-order chi connectivity index (χ1) is 15.3. The zero-order valence-corrected chi connectivity index (χ0v) is 18.9. The van der Waals surface area contributed by atoms with Gasteiger partial charge >= 0.3 is 0 Å². The summed E-state index contributed by atoms with van der Waals surface area (Å²) in [6.45, 7) is -0.164. The lowest BCUT2D eigenvalue weighted by Gasteiger charge is -2.11. The third-order valence-corrected chi connectivity index (χ3v) is 7.55. The number of sulfonamides is 1. The van der Waals surface area contributed by atoms with Crippen molar-refractivity contribution in [3.05, 3.63) is 71.1 Å². The van der Waals surface area contributed by atoms with Gasteiger partial charge in [-0.15, -0.1) is 10.2 Å². The summed E-state index contributed by atoms with van der Waals surface area (Å²) in [6.07, 6.45) is 0. The second-order valence-electron chi connectivity index (χ2n) is 6.45. The molecule has 32 heavy (non-hydrogen) atoms. The number of aromatic nitrogens is 4. The Morgan fingerprint density at radius 3 is 2.59 bits per heavy atom. The molecule has 0 saturated carbocycles. The Morgan fingerprint density at radius 2 is 1.84 bits per heavy atom. The van der Waals surface area contributed by atoms with Crippen LogP contribution in [0.3, 0.4) is 0 Å². The van der Waals surface area contributed by atoms with Crippen molar-refractivity contribution >= 4 is 44.0 Å². The standard InChI is InChI=1S/C19H15ClN6O4S2/c1-26(11-15-21-16(25-30-15)12-7-3-2-4-8-12)32(28,29)19-24-23-18(31-19)22-17(27)13-9-5-6-10-14(13)20/h2-10H,11H2,1H3,(H,22,23,27). The van der Waals surface area contributed by atoms with Crippen molar-refractivity contribution in [1.82, 2.24) is 24.6 Å². The zero-order valence-electron chi connectivity index (χ0n) is 16.5. The number of halogens is 1. The van der Waals surface area contributed by atoms with Gasteiger partial charge in [0.15, 0.2) is 0 Å². The average Bonchev–Trinajstić information content (AvgIpc) is 3.45. The van der Waals surface area contributed by atoms with Gasteiger partial charge in [-0.1, -0.05) is 70.6 Å². The molecule has 0 fully saturated rings. The maximum atomic E-state index is 12.8. The summed E-state index contributed by atoms with van der Waals surface area (Å²) in [5, 5.41) is 14.1. The van der Waals surface area contributed by atoms with E-state index >= 15 is 0 Å². The van der Waals surface area contributed by atoms with Crippen molar-refractivity contribution in [2.75, 3.05) is 12.4 Å². The monoisotopic (exact) mass is 490 g/mol. The van der Waals surface area contributed by atoms with Crippen LogP contribution >= 0.6 is 22.9 Å². The highest BCUT2D eigenvalue weighted by Gasteiger charge is 2.28. The lowest BCUT2D eigenvalue weighted by molar-refractivity contribution is 0.102. The van der Waals surface area contributed by atoms with E-state index in [-0.39, 0.29) is 32.5 Å². The maximum Gasteiger partial charge on any atom is 0.272 e. The van der Waals surface area contributed by atoms with Crippen LogP contribution in [-0.4, -0.2) is 46.0 Å². The molecule has 0 radical (unpaired) electrons. The molecule has 1 N–H and O–H groups in total. The predicted molar refractivity (Wildman–Crippen MR) is 118 cm³/mol. The molecule has 0 bridgehead atoms. The van der Waals surface area contributed by atoms with Gasteiger partial charge in [0, 0.05) is 12.6 Å². The molecule has 2 heterocycles. The smallest absolute Gasteiger partial charge is 0.272 e. The van der Waals surface area contributed by atoms with Gasteiger partial charge in [0.05, 0.1) is 17.1 Å². The Balaban J connectivity index is 1.46. The molecule has 1 amide bonds. The van der Waals surface area contributed by atoms with Crippen molar-refractivity contribution < 1.29 is 17.7 Å². The summed E-state index contributed by atoms with van der Waals surface area (Å²) in [5.74, 6) is -0.0538. The molecule has 13 heteroatoms. The molecule has 0 aliphatic heterocycles. The van der Waals surface area contributed by atoms with Crippen molar-refractivity contribution in [3.8, 4) is 11.4 Å². The Bertz CT molecular complexity index is 1360. The number of hydrogen-bond acceptors (Lipinski definition) is 9. The summed E-state index contributed by atoms with van der Waals surface area (Å²) in [4.78, 5) is 16.6. The average molecular weight is 491 g/mol. The van der Waals surface area contributed by atoms with E-state index in [4.69, 9.17) is 16.1 Å². The lowest BCUT2D eigenvalue weighted by Crippen LogP contribution is -2.26. The summed E-state index contributed by atoms with van der Waals surface area (Å²) in [7, 11) is -2.65. The van der Waals surface area contributed by atoms with Crippen LogP contribution in [0.15, 0.2) is 63.5 Å². The van der Waals surface area contributed by atoms with Crippen molar-refractivity contribution in [2.45, 2.75) is 10.9 Å². The fraction of sp³-hybridized carbons (Fsp3) is 0.105. The Hall–Kier alpha value is -3.19. The number of benzene rings is 2. The molecule has 0 aliphatic rings. The topological polar surface area (TPSA) is 131 Å². The van der Waals surface area contributed by atoms with Gasteiger partial charge in [0.2, 0.25) is 21.2 Å². The second-order valence-corrected chi connectivity index (χ2v) is 10.0. The quantitative estimate of drug-likeness (QED) is 0.390. The van der Waals surface area contributed by atoms with Crippen LogP contribution in [0.2, 0.25) is 5.02 Å². The van der Waals surface area contributed by atoms with Gasteiger partial charge in [-0.05, 0) is 12.1 Å². The molecule has 0 spiro atoms. The highest BCUT2D eigenvalue weighted by atomic mass is 35.5. The van der Waals surface area contributed by atoms with Gasteiger partial charge in [-0.25, -0.2) is 8.42 Å². The summed E-state index contributed by atoms with van der Waals surface area (Å²) >= 11 is 6.72. The molecule has 2 aromatic carbocycles. The molecule has 4 rings (SSSR count). The number of nitrogens with one attached hydrogen (secondary N) is 1. The van der Waals surface area contributed by atoms with E-state index in [2.05, 4.69) is 25.7 Å². The molecule has 4 aromatic rings. The first kappa shape index (κ1) is 22.0. The zero-order chi connectivity index (χ0) is 22.7. The van der Waals surface area contributed by atoms with Crippen LogP contribution in [0.4, 0.5) is 5.13 Å². The molecular weight excluding hydrogens is 476 g/mol. The van der Waals surface area contributed by atoms with Crippen molar-refractivity contribution in [3.63, 3.8) is 0 Å². The first-order valence-electron chi connectivity index (χ1n) is 9.08. The van der Waals surface area contributed by atoms with E-state index in [1.165, 1.54) is 13.1 Å². The molecule has 2 aromatic heterocycles. The Labute approximate surface area is 191 Å². The number of carbonyl (C=O) groups is 1. The molecule has 0 unspecified atom stereocenters. The van der Waals surface area contributed by atoms with Crippen molar-refractivity contribution in [1.29, 1.82) is 0 Å². The molecule has 0 saturated heterocycles. The highest BCUT2D eigenvalue weighted by molar-refractivity contribution is 7.91. The maximum absolute atomic E-state index is 12.8. The van der Waals surface area contributed by atoms with E-state index in [1.807, 2.05) is 30.3 Å². The molecular formula is C19H15ClN6O4S2. The van der Waals surface area contributed by atoms with Crippen LogP contribution in [0.1, 0.15) is 16.2 Å². The number of nitrogens with zero attached hydrogens (tertiary/aromatic N) is 5. The van der Waals surface area contributed by atoms with Gasteiger partial charge in [0.1, 0.15) is 0 Å². The summed E-state index contributed by atoms with van der Waals surface area (Å²) in [6, 6.07) is 15.6. The van der Waals surface area contributed by atoms with Crippen LogP contribution < -0.4 is 5.32 Å². The fourth-order valence-electron chi connectivity index (χ4n) is 2.61. The van der Waals surface area contributed by atoms with Gasteiger partial charge in [0.25, 0.3) is 15.9 Å². The van der Waals surface area contributed by atoms with E-state index in [0.29, 0.717) is 17.2 Å². The van der Waals surface area contributed by atoms with E-state index in [0.717, 1.165) is 9.87 Å². The van der Waals surface area contributed by atoms with Gasteiger partial charge in [-0.3, -0.25) is 10.1 Å². The summed E-state index contributed by atoms with van der Waals surface area (Å²) in [5.41, 5.74) is 0.979. The van der Waals surface area contributed by atoms with Gasteiger partial charge in [-0.2, -0.15) is 9.29 Å². The molecule has 164 valence electrons. The summed E-state index contributed by atoms with van der Waals surface area (Å²) < 4.78 is 31.6. The second kappa shape index (κ2) is 9.12. The minimum atomic E-state index is -4.01. The predicted octanol–water partition coefficient (Wildman–Crippen LogP) is 3.31. The number of amides is 1. The van der Waals surface area contributed by atoms with E-state index in [9.17, 15) is 13.2 Å². The van der Waals surface area contributed by atoms with Crippen LogP contribution in [0, 0.1) is 0 Å². The Kier molecular flexibility index (Phi) is 6.28. The minimum absolute atomic E-state index is 0.0195. The van der Waals surface area contributed by atoms with Gasteiger partial charge < -0.3 is 4.52 Å². The molecule has 10 nitrogen and oxygen atoms in total. The molecule has 0 aliphatic carbocycles. The third-order valence-electron chi connectivity index (χ3n) is 4.23. The minimum Gasteiger partial charge on any atom is -0.338 e. The third kappa shape index (κ3) is 4.67. The van der Waals surface area contributed by atoms with E-state index in [1.54, 1.807) is 18.2 Å². The fourth-order valence-corrected chi connectivity index (χ4v) is 5.03. The highest BCUT2D eigenvalue weighted by Crippen LogP contribution is 2.25. The number of carbonyl (C=O) groups excluding carboxylic acids is 1. The largest absolute Gasteiger partial charge is 0.338 e. The number of rotatable bonds is 7. The van der Waals surface area contributed by atoms with Crippen LogP contribution in [0.25, 0.3) is 11.4 Å². The Morgan fingerprint density at radius 1 is 1.12 bits per heavy atom. The van der Waals surface area contributed by atoms with Crippen LogP contribution in [0.5, 0.6) is 0 Å². The lowest BCUT2D eigenvalue weighted by atomic mass is 10.2. The number of anilines is 1.